The number of aliphatic hydroxyl groups excluding tert-OH is 1. The van der Waals surface area contributed by atoms with Crippen molar-refractivity contribution in [1.29, 1.82) is 0 Å². The van der Waals surface area contributed by atoms with Gasteiger partial charge in [-0.2, -0.15) is 0 Å². The minimum Gasteiger partial charge on any atom is -0.389 e. The van der Waals surface area contributed by atoms with Gasteiger partial charge in [-0.3, -0.25) is 0 Å². The lowest BCUT2D eigenvalue weighted by atomic mass is 9.86. The molecule has 2 saturated carbocycles. The van der Waals surface area contributed by atoms with Gasteiger partial charge in [0.15, 0.2) is 0 Å². The normalized spacial score (nSPS) is 31.7. The number of hydrogen-bond acceptors (Lipinski definition) is 3. The fourth-order valence-corrected chi connectivity index (χ4v) is 3.27. The van der Waals surface area contributed by atoms with E-state index in [1.165, 1.54) is 51.4 Å². The van der Waals surface area contributed by atoms with Crippen LogP contribution < -0.4 is 5.32 Å². The van der Waals surface area contributed by atoms with E-state index >= 15 is 0 Å². The van der Waals surface area contributed by atoms with E-state index in [2.05, 4.69) is 12.2 Å². The molecule has 2 aliphatic rings. The van der Waals surface area contributed by atoms with Gasteiger partial charge in [-0.05, 0) is 31.6 Å². The van der Waals surface area contributed by atoms with Crippen LogP contribution in [0.1, 0.15) is 58.3 Å². The molecule has 0 amide bonds. The van der Waals surface area contributed by atoms with Gasteiger partial charge in [-0.25, -0.2) is 0 Å². The molecule has 0 radical (unpaired) electrons. The van der Waals surface area contributed by atoms with Crippen LogP contribution in [0.25, 0.3) is 0 Å². The Hall–Kier alpha value is -0.120. The first-order valence-electron chi connectivity index (χ1n) is 7.78. The summed E-state index contributed by atoms with van der Waals surface area (Å²) >= 11 is 0. The Bertz CT molecular complexity index is 229. The van der Waals surface area contributed by atoms with Crippen molar-refractivity contribution in [1.82, 2.24) is 5.32 Å². The van der Waals surface area contributed by atoms with Crippen molar-refractivity contribution in [3.8, 4) is 0 Å². The van der Waals surface area contributed by atoms with Crippen LogP contribution in [0.15, 0.2) is 0 Å². The molecule has 2 fully saturated rings. The largest absolute Gasteiger partial charge is 0.389 e. The van der Waals surface area contributed by atoms with E-state index < -0.39 is 0 Å². The predicted molar refractivity (Wildman–Crippen MR) is 73.6 cm³/mol. The third-order valence-corrected chi connectivity index (χ3v) is 4.55. The molecule has 106 valence electrons. The number of nitrogens with one attached hydrogen (secondary N) is 1. The van der Waals surface area contributed by atoms with E-state index in [-0.39, 0.29) is 6.10 Å². The van der Waals surface area contributed by atoms with Crippen molar-refractivity contribution in [3.05, 3.63) is 0 Å². The first-order chi connectivity index (χ1) is 8.75. The van der Waals surface area contributed by atoms with Gasteiger partial charge in [0.05, 0.1) is 18.8 Å². The van der Waals surface area contributed by atoms with Crippen molar-refractivity contribution in [2.24, 2.45) is 5.92 Å². The van der Waals surface area contributed by atoms with E-state index in [0.29, 0.717) is 25.3 Å². The molecule has 18 heavy (non-hydrogen) atoms. The van der Waals surface area contributed by atoms with Crippen LogP contribution >= 0.6 is 0 Å². The quantitative estimate of drug-likeness (QED) is 0.766. The first-order valence-corrected chi connectivity index (χ1v) is 7.78. The van der Waals surface area contributed by atoms with Crippen LogP contribution in [0.3, 0.4) is 0 Å². The van der Waals surface area contributed by atoms with Gasteiger partial charge in [0, 0.05) is 12.6 Å². The molecule has 3 unspecified atom stereocenters. The minimum absolute atomic E-state index is 0.347. The summed E-state index contributed by atoms with van der Waals surface area (Å²) < 4.78 is 5.74. The Morgan fingerprint density at radius 1 is 1.11 bits per heavy atom. The Labute approximate surface area is 111 Å². The van der Waals surface area contributed by atoms with Crippen LogP contribution in [0.4, 0.5) is 0 Å². The molecular formula is C15H29NO2. The highest BCUT2D eigenvalue weighted by molar-refractivity contribution is 4.79. The second-order valence-corrected chi connectivity index (χ2v) is 6.17. The second kappa shape index (κ2) is 7.46. The summed E-state index contributed by atoms with van der Waals surface area (Å²) in [4.78, 5) is 0. The lowest BCUT2D eigenvalue weighted by Crippen LogP contribution is -2.42. The zero-order valence-electron chi connectivity index (χ0n) is 11.7. The molecule has 3 atom stereocenters. The fraction of sp³-hybridized carbons (Fsp3) is 1.00. The molecule has 2 N–H and O–H groups in total. The minimum atomic E-state index is -0.347. The molecule has 0 aromatic rings. The third kappa shape index (κ3) is 4.52. The summed E-state index contributed by atoms with van der Waals surface area (Å²) in [6, 6.07) is 0.597. The van der Waals surface area contributed by atoms with Crippen LogP contribution in [0.5, 0.6) is 0 Å². The van der Waals surface area contributed by atoms with E-state index in [9.17, 15) is 5.11 Å². The average Bonchev–Trinajstić information content (AvgIpc) is 2.88. The summed E-state index contributed by atoms with van der Waals surface area (Å²) in [7, 11) is 0. The smallest absolute Gasteiger partial charge is 0.0897 e. The molecular weight excluding hydrogens is 226 g/mol. The average molecular weight is 255 g/mol. The first kappa shape index (κ1) is 14.3. The molecule has 0 heterocycles. The van der Waals surface area contributed by atoms with Crippen LogP contribution in [0, 0.1) is 5.92 Å². The molecule has 0 spiro atoms. The Kier molecular flexibility index (Phi) is 5.93. The monoisotopic (exact) mass is 255 g/mol. The maximum absolute atomic E-state index is 9.94. The van der Waals surface area contributed by atoms with E-state index in [0.717, 1.165) is 5.92 Å². The van der Waals surface area contributed by atoms with Gasteiger partial charge in [-0.1, -0.05) is 32.6 Å². The summed E-state index contributed by atoms with van der Waals surface area (Å²) in [5, 5.41) is 13.5. The number of rotatable bonds is 6. The van der Waals surface area contributed by atoms with E-state index in [1.807, 2.05) is 0 Å². The maximum atomic E-state index is 9.94. The molecule has 0 aliphatic heterocycles. The maximum Gasteiger partial charge on any atom is 0.0897 e. The summed E-state index contributed by atoms with van der Waals surface area (Å²) in [5.74, 6) is 0.752. The van der Waals surface area contributed by atoms with Crippen molar-refractivity contribution in [2.75, 3.05) is 13.2 Å². The third-order valence-electron chi connectivity index (χ3n) is 4.55. The topological polar surface area (TPSA) is 41.5 Å². The lowest BCUT2D eigenvalue weighted by molar-refractivity contribution is -0.00718. The Balaban J connectivity index is 1.57. The standard InChI is InChI=1S/C15H29NO2/c1-12-6-2-5-9-15(12)16-10-13(17)11-18-14-7-3-4-8-14/h12-17H,2-11H2,1H3. The van der Waals surface area contributed by atoms with Gasteiger partial charge >= 0.3 is 0 Å². The highest BCUT2D eigenvalue weighted by atomic mass is 16.5. The lowest BCUT2D eigenvalue weighted by Gasteiger charge is -2.30. The van der Waals surface area contributed by atoms with Crippen molar-refractivity contribution >= 4 is 0 Å². The second-order valence-electron chi connectivity index (χ2n) is 6.17. The molecule has 0 saturated heterocycles. The van der Waals surface area contributed by atoms with Crippen LogP contribution in [0.2, 0.25) is 0 Å². The zero-order chi connectivity index (χ0) is 12.8. The van der Waals surface area contributed by atoms with Crippen molar-refractivity contribution in [3.63, 3.8) is 0 Å². The highest BCUT2D eigenvalue weighted by Crippen LogP contribution is 2.24. The molecule has 0 bridgehead atoms. The summed E-state index contributed by atoms with van der Waals surface area (Å²) in [6.45, 7) is 3.50. The van der Waals surface area contributed by atoms with Gasteiger partial charge in [-0.15, -0.1) is 0 Å². The van der Waals surface area contributed by atoms with Crippen molar-refractivity contribution in [2.45, 2.75) is 76.5 Å². The number of ether oxygens (including phenoxy) is 1. The fourth-order valence-electron chi connectivity index (χ4n) is 3.27. The molecule has 0 aromatic heterocycles. The molecule has 3 heteroatoms. The van der Waals surface area contributed by atoms with Gasteiger partial charge in [0.25, 0.3) is 0 Å². The predicted octanol–water partition coefficient (Wildman–Crippen LogP) is 2.47. The van der Waals surface area contributed by atoms with Gasteiger partial charge in [0.1, 0.15) is 0 Å². The summed E-state index contributed by atoms with van der Waals surface area (Å²) in [6.07, 6.45) is 10.3. The SMILES string of the molecule is CC1CCCCC1NCC(O)COC1CCCC1. The molecule has 3 nitrogen and oxygen atoms in total. The van der Waals surface area contributed by atoms with Crippen LogP contribution in [-0.2, 0) is 4.74 Å². The number of hydrogen-bond donors (Lipinski definition) is 2. The Morgan fingerprint density at radius 2 is 1.78 bits per heavy atom. The van der Waals surface area contributed by atoms with E-state index in [1.54, 1.807) is 0 Å². The number of aliphatic hydroxyl groups is 1. The Morgan fingerprint density at radius 3 is 2.50 bits per heavy atom. The zero-order valence-corrected chi connectivity index (χ0v) is 11.7. The van der Waals surface area contributed by atoms with Crippen LogP contribution in [-0.4, -0.2) is 36.5 Å². The van der Waals surface area contributed by atoms with E-state index in [4.69, 9.17) is 4.74 Å². The molecule has 0 aromatic carbocycles. The van der Waals surface area contributed by atoms with Gasteiger partial charge in [0.2, 0.25) is 0 Å². The highest BCUT2D eigenvalue weighted by Gasteiger charge is 2.22. The summed E-state index contributed by atoms with van der Waals surface area (Å²) in [5.41, 5.74) is 0. The molecule has 2 aliphatic carbocycles. The molecule has 2 rings (SSSR count). The van der Waals surface area contributed by atoms with Gasteiger partial charge < -0.3 is 15.2 Å². The van der Waals surface area contributed by atoms with Crippen molar-refractivity contribution < 1.29 is 9.84 Å².